The lowest BCUT2D eigenvalue weighted by molar-refractivity contribution is 0.107. The van der Waals surface area contributed by atoms with Crippen LogP contribution in [0.15, 0.2) is 49.8 Å². The first kappa shape index (κ1) is 16.0. The van der Waals surface area contributed by atoms with Gasteiger partial charge in [-0.1, -0.05) is 45.8 Å². The van der Waals surface area contributed by atoms with Crippen molar-refractivity contribution >= 4 is 47.8 Å². The molecular weight excluding hydrogens is 452 g/mol. The van der Waals surface area contributed by atoms with Crippen molar-refractivity contribution in [2.24, 2.45) is 0 Å². The molecular formula is C15H13Br3O2. The molecule has 2 aromatic rings. The number of aliphatic hydroxyl groups excluding tert-OH is 1. The van der Waals surface area contributed by atoms with Gasteiger partial charge in [-0.3, -0.25) is 0 Å². The van der Waals surface area contributed by atoms with E-state index in [2.05, 4.69) is 47.8 Å². The normalized spacial score (nSPS) is 12.2. The predicted octanol–water partition coefficient (Wildman–Crippen LogP) is 5.39. The van der Waals surface area contributed by atoms with Crippen LogP contribution in [0.1, 0.15) is 17.2 Å². The van der Waals surface area contributed by atoms with Gasteiger partial charge in [0.1, 0.15) is 18.5 Å². The van der Waals surface area contributed by atoms with Crippen LogP contribution in [0.4, 0.5) is 0 Å². The number of aryl methyl sites for hydroxylation is 1. The third kappa shape index (κ3) is 4.07. The molecule has 106 valence electrons. The van der Waals surface area contributed by atoms with Crippen LogP contribution in [0.3, 0.4) is 0 Å². The van der Waals surface area contributed by atoms with Gasteiger partial charge in [-0.05, 0) is 56.5 Å². The van der Waals surface area contributed by atoms with E-state index in [1.807, 2.05) is 43.3 Å². The number of aliphatic hydroxyl groups is 1. The SMILES string of the molecule is Cc1ccc(C(O)COc2c(Br)cc(Br)cc2Br)cc1. The van der Waals surface area contributed by atoms with E-state index in [1.165, 1.54) is 5.56 Å². The molecule has 0 aliphatic carbocycles. The third-order valence-corrected chi connectivity index (χ3v) is 4.45. The maximum absolute atomic E-state index is 10.1. The molecule has 20 heavy (non-hydrogen) atoms. The van der Waals surface area contributed by atoms with E-state index in [9.17, 15) is 5.11 Å². The van der Waals surface area contributed by atoms with Crippen LogP contribution in [-0.4, -0.2) is 11.7 Å². The van der Waals surface area contributed by atoms with Crippen LogP contribution >= 0.6 is 47.8 Å². The number of hydrogen-bond donors (Lipinski definition) is 1. The van der Waals surface area contributed by atoms with Crippen LogP contribution in [0.2, 0.25) is 0 Å². The zero-order valence-corrected chi connectivity index (χ0v) is 15.5. The maximum atomic E-state index is 10.1. The lowest BCUT2D eigenvalue weighted by Crippen LogP contribution is -2.10. The van der Waals surface area contributed by atoms with Crippen LogP contribution in [0.5, 0.6) is 5.75 Å². The molecule has 0 spiro atoms. The summed E-state index contributed by atoms with van der Waals surface area (Å²) < 4.78 is 8.31. The highest BCUT2D eigenvalue weighted by molar-refractivity contribution is 9.11. The third-order valence-electron chi connectivity index (χ3n) is 2.81. The highest BCUT2D eigenvalue weighted by atomic mass is 79.9. The molecule has 1 unspecified atom stereocenters. The van der Waals surface area contributed by atoms with Crippen molar-refractivity contribution < 1.29 is 9.84 Å². The van der Waals surface area contributed by atoms with Crippen molar-refractivity contribution in [1.29, 1.82) is 0 Å². The number of rotatable bonds is 4. The Morgan fingerprint density at radius 1 is 1.05 bits per heavy atom. The van der Waals surface area contributed by atoms with E-state index in [1.54, 1.807) is 0 Å². The average molecular weight is 465 g/mol. The van der Waals surface area contributed by atoms with Gasteiger partial charge in [0.25, 0.3) is 0 Å². The summed E-state index contributed by atoms with van der Waals surface area (Å²) in [5.74, 6) is 0.680. The van der Waals surface area contributed by atoms with Gasteiger partial charge in [-0.15, -0.1) is 0 Å². The van der Waals surface area contributed by atoms with Crippen molar-refractivity contribution in [3.05, 3.63) is 60.9 Å². The first-order valence-corrected chi connectivity index (χ1v) is 8.37. The Bertz CT molecular complexity index is 574. The van der Waals surface area contributed by atoms with Crippen molar-refractivity contribution in [2.75, 3.05) is 6.61 Å². The lowest BCUT2D eigenvalue weighted by atomic mass is 10.1. The van der Waals surface area contributed by atoms with Crippen LogP contribution < -0.4 is 4.74 Å². The lowest BCUT2D eigenvalue weighted by Gasteiger charge is -2.15. The summed E-state index contributed by atoms with van der Waals surface area (Å²) in [5.41, 5.74) is 2.01. The fourth-order valence-corrected chi connectivity index (χ4v) is 4.20. The number of halogens is 3. The first-order chi connectivity index (χ1) is 9.47. The number of hydrogen-bond acceptors (Lipinski definition) is 2. The number of benzene rings is 2. The van der Waals surface area contributed by atoms with E-state index in [-0.39, 0.29) is 6.61 Å². The van der Waals surface area contributed by atoms with Crippen LogP contribution in [0.25, 0.3) is 0 Å². The van der Waals surface area contributed by atoms with Gasteiger partial charge in [0.15, 0.2) is 0 Å². The highest BCUT2D eigenvalue weighted by Crippen LogP contribution is 2.36. The standard InChI is InChI=1S/C15H13Br3O2/c1-9-2-4-10(5-3-9)14(19)8-20-15-12(17)6-11(16)7-13(15)18/h2-7,14,19H,8H2,1H3. The molecule has 0 radical (unpaired) electrons. The summed E-state index contributed by atoms with van der Waals surface area (Å²) in [4.78, 5) is 0. The maximum Gasteiger partial charge on any atom is 0.147 e. The molecule has 2 rings (SSSR count). The van der Waals surface area contributed by atoms with E-state index in [0.717, 1.165) is 19.0 Å². The molecule has 1 N–H and O–H groups in total. The second-order valence-electron chi connectivity index (χ2n) is 4.44. The molecule has 0 aliphatic heterocycles. The smallest absolute Gasteiger partial charge is 0.147 e. The fourth-order valence-electron chi connectivity index (χ4n) is 1.71. The predicted molar refractivity (Wildman–Crippen MR) is 91.2 cm³/mol. The summed E-state index contributed by atoms with van der Waals surface area (Å²) in [5, 5.41) is 10.1. The molecule has 5 heteroatoms. The minimum absolute atomic E-state index is 0.196. The van der Waals surface area contributed by atoms with Crippen molar-refractivity contribution in [3.8, 4) is 5.75 Å². The van der Waals surface area contributed by atoms with E-state index >= 15 is 0 Å². The van der Waals surface area contributed by atoms with Gasteiger partial charge < -0.3 is 9.84 Å². The number of ether oxygens (including phenoxy) is 1. The summed E-state index contributed by atoms with van der Waals surface area (Å²) >= 11 is 10.3. The van der Waals surface area contributed by atoms with Gasteiger partial charge in [-0.25, -0.2) is 0 Å². The first-order valence-electron chi connectivity index (χ1n) is 5.99. The van der Waals surface area contributed by atoms with E-state index in [4.69, 9.17) is 4.74 Å². The molecule has 0 fully saturated rings. The molecule has 0 aromatic heterocycles. The largest absolute Gasteiger partial charge is 0.488 e. The zero-order valence-electron chi connectivity index (χ0n) is 10.7. The molecule has 0 heterocycles. The molecule has 0 bridgehead atoms. The highest BCUT2D eigenvalue weighted by Gasteiger charge is 2.12. The van der Waals surface area contributed by atoms with Gasteiger partial charge in [0, 0.05) is 4.47 Å². The van der Waals surface area contributed by atoms with Gasteiger partial charge in [0.2, 0.25) is 0 Å². The summed E-state index contributed by atoms with van der Waals surface area (Å²) in [6.07, 6.45) is -0.655. The van der Waals surface area contributed by atoms with E-state index in [0.29, 0.717) is 5.75 Å². The minimum Gasteiger partial charge on any atom is -0.488 e. The minimum atomic E-state index is -0.655. The molecule has 0 saturated carbocycles. The van der Waals surface area contributed by atoms with Gasteiger partial charge in [0.05, 0.1) is 8.95 Å². The monoisotopic (exact) mass is 462 g/mol. The quantitative estimate of drug-likeness (QED) is 0.657. The summed E-state index contributed by atoms with van der Waals surface area (Å²) in [6.45, 7) is 2.21. The average Bonchev–Trinajstić information content (AvgIpc) is 2.38. The Labute approximate surface area is 143 Å². The summed E-state index contributed by atoms with van der Waals surface area (Å²) in [7, 11) is 0. The zero-order chi connectivity index (χ0) is 14.7. The van der Waals surface area contributed by atoms with E-state index < -0.39 is 6.10 Å². The Balaban J connectivity index is 2.07. The van der Waals surface area contributed by atoms with Gasteiger partial charge >= 0.3 is 0 Å². The molecule has 0 aliphatic rings. The van der Waals surface area contributed by atoms with Crippen molar-refractivity contribution in [3.63, 3.8) is 0 Å². The Morgan fingerprint density at radius 2 is 1.60 bits per heavy atom. The Kier molecular flexibility index (Phi) is 5.66. The second kappa shape index (κ2) is 7.07. The van der Waals surface area contributed by atoms with Gasteiger partial charge in [-0.2, -0.15) is 0 Å². The molecule has 2 aromatic carbocycles. The molecule has 2 nitrogen and oxygen atoms in total. The Hall–Kier alpha value is -0.360. The molecule has 1 atom stereocenters. The van der Waals surface area contributed by atoms with Crippen LogP contribution in [-0.2, 0) is 0 Å². The molecule has 0 saturated heterocycles. The Morgan fingerprint density at radius 3 is 2.15 bits per heavy atom. The van der Waals surface area contributed by atoms with Crippen molar-refractivity contribution in [2.45, 2.75) is 13.0 Å². The molecule has 0 amide bonds. The van der Waals surface area contributed by atoms with Crippen LogP contribution in [0, 0.1) is 6.92 Å². The summed E-state index contributed by atoms with van der Waals surface area (Å²) in [6, 6.07) is 11.6. The second-order valence-corrected chi connectivity index (χ2v) is 7.06. The topological polar surface area (TPSA) is 29.5 Å². The van der Waals surface area contributed by atoms with Crippen molar-refractivity contribution in [1.82, 2.24) is 0 Å². The fraction of sp³-hybridized carbons (Fsp3) is 0.200.